The Balaban J connectivity index is 1.82. The number of likely N-dealkylation sites (tertiary alicyclic amines) is 1. The van der Waals surface area contributed by atoms with E-state index in [-0.39, 0.29) is 17.9 Å². The van der Waals surface area contributed by atoms with Crippen LogP contribution in [0, 0.1) is 5.41 Å². The maximum atomic E-state index is 12.6. The molecule has 1 atom stereocenters. The highest BCUT2D eigenvalue weighted by molar-refractivity contribution is 5.85. The number of rotatable bonds is 9. The minimum Gasteiger partial charge on any atom is -0.492 e. The van der Waals surface area contributed by atoms with E-state index in [9.17, 15) is 9.59 Å². The van der Waals surface area contributed by atoms with Crippen LogP contribution in [-0.2, 0) is 9.59 Å². The minimum atomic E-state index is -0.535. The van der Waals surface area contributed by atoms with E-state index in [1.54, 1.807) is 4.90 Å². The quantitative estimate of drug-likeness (QED) is 0.710. The summed E-state index contributed by atoms with van der Waals surface area (Å²) in [5.74, 6) is 0.797. The Bertz CT molecular complexity index is 564. The Hall–Kier alpha value is -2.08. The molecule has 0 spiro atoms. The highest BCUT2D eigenvalue weighted by Gasteiger charge is 2.37. The SMILES string of the molecule is CCC(CC)(CN)C(=O)NC1CC(=O)N(CCOc2ccccc2)C1. The van der Waals surface area contributed by atoms with Crippen molar-refractivity contribution >= 4 is 11.8 Å². The Morgan fingerprint density at radius 2 is 2.00 bits per heavy atom. The standard InChI is InChI=1S/C19H29N3O3/c1-3-19(4-2,14-20)18(24)21-15-12-17(23)22(13-15)10-11-25-16-8-6-5-7-9-16/h5-9,15H,3-4,10-14,20H2,1-2H3,(H,21,24). The molecule has 0 saturated carbocycles. The normalized spacial score (nSPS) is 17.6. The summed E-state index contributed by atoms with van der Waals surface area (Å²) < 4.78 is 5.64. The zero-order chi connectivity index (χ0) is 18.3. The van der Waals surface area contributed by atoms with Gasteiger partial charge >= 0.3 is 0 Å². The van der Waals surface area contributed by atoms with Crippen LogP contribution in [0.2, 0.25) is 0 Å². The van der Waals surface area contributed by atoms with Crippen molar-refractivity contribution in [2.24, 2.45) is 11.1 Å². The first-order valence-electron chi connectivity index (χ1n) is 9.01. The van der Waals surface area contributed by atoms with E-state index >= 15 is 0 Å². The third-order valence-electron chi connectivity index (χ3n) is 5.15. The van der Waals surface area contributed by atoms with Crippen LogP contribution in [0.5, 0.6) is 5.75 Å². The zero-order valence-electron chi connectivity index (χ0n) is 15.2. The van der Waals surface area contributed by atoms with E-state index in [4.69, 9.17) is 10.5 Å². The molecule has 1 aliphatic rings. The number of para-hydroxylation sites is 1. The van der Waals surface area contributed by atoms with Gasteiger partial charge in [0.15, 0.2) is 0 Å². The van der Waals surface area contributed by atoms with Crippen molar-refractivity contribution in [2.75, 3.05) is 26.2 Å². The van der Waals surface area contributed by atoms with Crippen molar-refractivity contribution in [2.45, 2.75) is 39.2 Å². The molecule has 0 bridgehead atoms. The Morgan fingerprint density at radius 1 is 1.32 bits per heavy atom. The lowest BCUT2D eigenvalue weighted by atomic mass is 9.81. The van der Waals surface area contributed by atoms with Gasteiger partial charge in [0.05, 0.1) is 18.0 Å². The fraction of sp³-hybridized carbons (Fsp3) is 0.579. The van der Waals surface area contributed by atoms with Gasteiger partial charge < -0.3 is 20.7 Å². The molecule has 0 radical (unpaired) electrons. The monoisotopic (exact) mass is 347 g/mol. The lowest BCUT2D eigenvalue weighted by molar-refractivity contribution is -0.131. The number of amides is 2. The van der Waals surface area contributed by atoms with Crippen LogP contribution in [0.3, 0.4) is 0 Å². The summed E-state index contributed by atoms with van der Waals surface area (Å²) in [5, 5.41) is 3.02. The van der Waals surface area contributed by atoms with Gasteiger partial charge in [0.2, 0.25) is 11.8 Å². The zero-order valence-corrected chi connectivity index (χ0v) is 15.2. The van der Waals surface area contributed by atoms with Crippen molar-refractivity contribution in [1.82, 2.24) is 10.2 Å². The molecule has 1 unspecified atom stereocenters. The van der Waals surface area contributed by atoms with Crippen molar-refractivity contribution in [3.05, 3.63) is 30.3 Å². The number of nitrogens with zero attached hydrogens (tertiary/aromatic N) is 1. The number of benzene rings is 1. The van der Waals surface area contributed by atoms with E-state index < -0.39 is 5.41 Å². The molecule has 1 heterocycles. The van der Waals surface area contributed by atoms with Gasteiger partial charge in [-0.05, 0) is 25.0 Å². The molecule has 1 saturated heterocycles. The average Bonchev–Trinajstić information content (AvgIpc) is 2.97. The number of hydrogen-bond donors (Lipinski definition) is 2. The van der Waals surface area contributed by atoms with Crippen LogP contribution in [-0.4, -0.2) is 49.0 Å². The van der Waals surface area contributed by atoms with Crippen molar-refractivity contribution in [3.8, 4) is 5.75 Å². The minimum absolute atomic E-state index is 0.0415. The lowest BCUT2D eigenvalue weighted by Gasteiger charge is -2.30. The highest BCUT2D eigenvalue weighted by atomic mass is 16.5. The second kappa shape index (κ2) is 8.85. The van der Waals surface area contributed by atoms with Crippen molar-refractivity contribution < 1.29 is 14.3 Å². The number of nitrogens with one attached hydrogen (secondary N) is 1. The molecule has 1 aromatic carbocycles. The summed E-state index contributed by atoms with van der Waals surface area (Å²) in [7, 11) is 0. The largest absolute Gasteiger partial charge is 0.492 e. The van der Waals surface area contributed by atoms with Crippen molar-refractivity contribution in [3.63, 3.8) is 0 Å². The molecule has 1 fully saturated rings. The van der Waals surface area contributed by atoms with Crippen LogP contribution in [0.1, 0.15) is 33.1 Å². The number of carbonyl (C=O) groups is 2. The Morgan fingerprint density at radius 3 is 2.60 bits per heavy atom. The molecule has 3 N–H and O–H groups in total. The molecule has 2 rings (SSSR count). The second-order valence-electron chi connectivity index (χ2n) is 6.57. The van der Waals surface area contributed by atoms with E-state index in [2.05, 4.69) is 5.32 Å². The molecule has 6 nitrogen and oxygen atoms in total. The Kier molecular flexibility index (Phi) is 6.82. The maximum absolute atomic E-state index is 12.6. The lowest BCUT2D eigenvalue weighted by Crippen LogP contribution is -2.49. The van der Waals surface area contributed by atoms with E-state index in [0.717, 1.165) is 5.75 Å². The molecule has 2 amide bonds. The number of hydrogen-bond acceptors (Lipinski definition) is 4. The first kappa shape index (κ1) is 19.2. The fourth-order valence-electron chi connectivity index (χ4n) is 3.17. The fourth-order valence-corrected chi connectivity index (χ4v) is 3.17. The number of carbonyl (C=O) groups excluding carboxylic acids is 2. The topological polar surface area (TPSA) is 84.7 Å². The van der Waals surface area contributed by atoms with Crippen LogP contribution >= 0.6 is 0 Å². The van der Waals surface area contributed by atoms with Crippen LogP contribution < -0.4 is 15.8 Å². The molecule has 0 aromatic heterocycles. The van der Waals surface area contributed by atoms with E-state index in [1.807, 2.05) is 44.2 Å². The molecule has 1 aromatic rings. The van der Waals surface area contributed by atoms with Crippen LogP contribution in [0.15, 0.2) is 30.3 Å². The van der Waals surface area contributed by atoms with Crippen LogP contribution in [0.25, 0.3) is 0 Å². The molecular formula is C19H29N3O3. The Labute approximate surface area is 149 Å². The number of ether oxygens (including phenoxy) is 1. The predicted octanol–water partition coefficient (Wildman–Crippen LogP) is 1.55. The maximum Gasteiger partial charge on any atom is 0.227 e. The third-order valence-corrected chi connectivity index (χ3v) is 5.15. The summed E-state index contributed by atoms with van der Waals surface area (Å²) in [6, 6.07) is 9.37. The number of nitrogens with two attached hydrogens (primary N) is 1. The molecule has 6 heteroatoms. The average molecular weight is 347 g/mol. The van der Waals surface area contributed by atoms with Gasteiger partial charge in [0.25, 0.3) is 0 Å². The summed E-state index contributed by atoms with van der Waals surface area (Å²) in [5.41, 5.74) is 5.29. The van der Waals surface area contributed by atoms with Crippen LogP contribution in [0.4, 0.5) is 0 Å². The van der Waals surface area contributed by atoms with Gasteiger partial charge in [-0.1, -0.05) is 32.0 Å². The first-order valence-corrected chi connectivity index (χ1v) is 9.01. The van der Waals surface area contributed by atoms with E-state index in [0.29, 0.717) is 45.5 Å². The summed E-state index contributed by atoms with van der Waals surface area (Å²) in [6.07, 6.45) is 1.73. The van der Waals surface area contributed by atoms with Gasteiger partial charge in [0, 0.05) is 19.5 Å². The molecule has 0 aliphatic carbocycles. The van der Waals surface area contributed by atoms with Gasteiger partial charge in [-0.2, -0.15) is 0 Å². The molecule has 25 heavy (non-hydrogen) atoms. The van der Waals surface area contributed by atoms with E-state index in [1.165, 1.54) is 0 Å². The summed E-state index contributed by atoms with van der Waals surface area (Å²) in [4.78, 5) is 26.5. The first-order chi connectivity index (χ1) is 12.0. The summed E-state index contributed by atoms with van der Waals surface area (Å²) in [6.45, 7) is 5.75. The van der Waals surface area contributed by atoms with Crippen molar-refractivity contribution in [1.29, 1.82) is 0 Å². The second-order valence-corrected chi connectivity index (χ2v) is 6.57. The molecular weight excluding hydrogens is 318 g/mol. The molecule has 1 aliphatic heterocycles. The predicted molar refractivity (Wildman–Crippen MR) is 97.1 cm³/mol. The third kappa shape index (κ3) is 4.72. The summed E-state index contributed by atoms with van der Waals surface area (Å²) >= 11 is 0. The molecule has 138 valence electrons. The van der Waals surface area contributed by atoms with Gasteiger partial charge in [-0.3, -0.25) is 9.59 Å². The van der Waals surface area contributed by atoms with Gasteiger partial charge in [-0.25, -0.2) is 0 Å². The van der Waals surface area contributed by atoms with Gasteiger partial charge in [-0.15, -0.1) is 0 Å². The smallest absolute Gasteiger partial charge is 0.227 e. The highest BCUT2D eigenvalue weighted by Crippen LogP contribution is 2.26. The van der Waals surface area contributed by atoms with Gasteiger partial charge in [0.1, 0.15) is 12.4 Å².